The Hall–Kier alpha value is -1.46. The molecule has 0 unspecified atom stereocenters. The van der Waals surface area contributed by atoms with Crippen LogP contribution in [0.1, 0.15) is 37.2 Å². The van der Waals surface area contributed by atoms with Gasteiger partial charge in [0.15, 0.2) is 0 Å². The van der Waals surface area contributed by atoms with Crippen LogP contribution in [-0.2, 0) is 0 Å². The summed E-state index contributed by atoms with van der Waals surface area (Å²) in [5.74, 6) is 1.42. The number of nitrogens with one attached hydrogen (secondary N) is 1. The molecular formula is C17H25N3O2. The molecule has 1 N–H and O–H groups in total. The van der Waals surface area contributed by atoms with E-state index in [1.54, 1.807) is 12.1 Å². The van der Waals surface area contributed by atoms with Crippen LogP contribution < -0.4 is 5.32 Å². The lowest BCUT2D eigenvalue weighted by Gasteiger charge is -2.35. The van der Waals surface area contributed by atoms with E-state index in [0.717, 1.165) is 19.0 Å². The van der Waals surface area contributed by atoms with Crippen LogP contribution in [0.3, 0.4) is 0 Å². The number of rotatable bonds is 4. The Labute approximate surface area is 131 Å². The number of hydrogen-bond acceptors (Lipinski definition) is 4. The number of piperidine rings is 2. The Morgan fingerprint density at radius 2 is 1.73 bits per heavy atom. The van der Waals surface area contributed by atoms with E-state index in [0.29, 0.717) is 5.92 Å². The quantitative estimate of drug-likeness (QED) is 0.686. The highest BCUT2D eigenvalue weighted by Crippen LogP contribution is 2.30. The zero-order chi connectivity index (χ0) is 15.4. The smallest absolute Gasteiger partial charge is 0.269 e. The summed E-state index contributed by atoms with van der Waals surface area (Å²) in [5.41, 5.74) is 1.44. The molecule has 2 saturated heterocycles. The lowest BCUT2D eigenvalue weighted by Crippen LogP contribution is -2.39. The van der Waals surface area contributed by atoms with E-state index in [2.05, 4.69) is 10.2 Å². The molecule has 0 amide bonds. The summed E-state index contributed by atoms with van der Waals surface area (Å²) in [4.78, 5) is 13.0. The van der Waals surface area contributed by atoms with Crippen LogP contribution in [0.4, 0.5) is 5.69 Å². The molecule has 5 nitrogen and oxygen atoms in total. The van der Waals surface area contributed by atoms with Crippen molar-refractivity contribution in [2.24, 2.45) is 5.92 Å². The molecule has 1 aromatic carbocycles. The van der Waals surface area contributed by atoms with Gasteiger partial charge in [-0.05, 0) is 69.3 Å². The fraction of sp³-hybridized carbons (Fsp3) is 0.647. The van der Waals surface area contributed by atoms with Crippen LogP contribution in [0, 0.1) is 16.0 Å². The molecule has 0 bridgehead atoms. The SMILES string of the molecule is O=[N+]([O-])c1ccc(C2CCN(CC3CCNCC3)CC2)cc1. The van der Waals surface area contributed by atoms with Crippen LogP contribution >= 0.6 is 0 Å². The predicted molar refractivity (Wildman–Crippen MR) is 87.1 cm³/mol. The summed E-state index contributed by atoms with van der Waals surface area (Å²) < 4.78 is 0. The van der Waals surface area contributed by atoms with Crippen LogP contribution in [0.15, 0.2) is 24.3 Å². The normalized spacial score (nSPS) is 21.8. The van der Waals surface area contributed by atoms with Crippen molar-refractivity contribution >= 4 is 5.69 Å². The fourth-order valence-corrected chi connectivity index (χ4v) is 3.75. The predicted octanol–water partition coefficient (Wildman–Crippen LogP) is 2.77. The number of likely N-dealkylation sites (tertiary alicyclic amines) is 1. The van der Waals surface area contributed by atoms with E-state index in [-0.39, 0.29) is 10.6 Å². The second kappa shape index (κ2) is 7.20. The summed E-state index contributed by atoms with van der Waals surface area (Å²) in [6, 6.07) is 7.14. The minimum Gasteiger partial charge on any atom is -0.317 e. The first kappa shape index (κ1) is 15.4. The average molecular weight is 303 g/mol. The molecule has 5 heteroatoms. The second-order valence-corrected chi connectivity index (χ2v) is 6.62. The van der Waals surface area contributed by atoms with E-state index in [9.17, 15) is 10.1 Å². The Balaban J connectivity index is 1.49. The van der Waals surface area contributed by atoms with Crippen molar-refractivity contribution in [1.82, 2.24) is 10.2 Å². The van der Waals surface area contributed by atoms with Crippen molar-refractivity contribution < 1.29 is 4.92 Å². The summed E-state index contributed by atoms with van der Waals surface area (Å²) >= 11 is 0. The molecule has 120 valence electrons. The Kier molecular flexibility index (Phi) is 5.05. The van der Waals surface area contributed by atoms with E-state index in [1.165, 1.54) is 50.9 Å². The van der Waals surface area contributed by atoms with Gasteiger partial charge in [0.25, 0.3) is 5.69 Å². The molecule has 0 atom stereocenters. The monoisotopic (exact) mass is 303 g/mol. The van der Waals surface area contributed by atoms with Gasteiger partial charge in [-0.2, -0.15) is 0 Å². The first-order valence-electron chi connectivity index (χ1n) is 8.40. The molecule has 2 aliphatic rings. The first-order valence-corrected chi connectivity index (χ1v) is 8.40. The third-order valence-electron chi connectivity index (χ3n) is 5.14. The van der Waals surface area contributed by atoms with Crippen LogP contribution in [0.5, 0.6) is 0 Å². The molecule has 3 rings (SSSR count). The maximum atomic E-state index is 10.7. The summed E-state index contributed by atoms with van der Waals surface area (Å²) in [6.07, 6.45) is 4.95. The van der Waals surface area contributed by atoms with Crippen molar-refractivity contribution in [3.8, 4) is 0 Å². The maximum absolute atomic E-state index is 10.7. The fourth-order valence-electron chi connectivity index (χ4n) is 3.75. The highest BCUT2D eigenvalue weighted by molar-refractivity contribution is 5.34. The maximum Gasteiger partial charge on any atom is 0.269 e. The molecule has 2 aliphatic heterocycles. The van der Waals surface area contributed by atoms with Gasteiger partial charge in [0.2, 0.25) is 0 Å². The summed E-state index contributed by atoms with van der Waals surface area (Å²) in [5, 5.41) is 14.1. The molecule has 2 fully saturated rings. The highest BCUT2D eigenvalue weighted by Gasteiger charge is 2.23. The van der Waals surface area contributed by atoms with Crippen molar-refractivity contribution in [1.29, 1.82) is 0 Å². The van der Waals surface area contributed by atoms with Gasteiger partial charge in [-0.15, -0.1) is 0 Å². The van der Waals surface area contributed by atoms with E-state index in [4.69, 9.17) is 0 Å². The van der Waals surface area contributed by atoms with Crippen molar-refractivity contribution in [3.63, 3.8) is 0 Å². The Morgan fingerprint density at radius 1 is 1.09 bits per heavy atom. The third kappa shape index (κ3) is 3.84. The largest absolute Gasteiger partial charge is 0.317 e. The van der Waals surface area contributed by atoms with E-state index in [1.807, 2.05) is 12.1 Å². The van der Waals surface area contributed by atoms with Crippen molar-refractivity contribution in [2.75, 3.05) is 32.7 Å². The molecule has 2 heterocycles. The van der Waals surface area contributed by atoms with Crippen molar-refractivity contribution in [2.45, 2.75) is 31.6 Å². The van der Waals surface area contributed by atoms with Crippen LogP contribution in [-0.4, -0.2) is 42.5 Å². The second-order valence-electron chi connectivity index (χ2n) is 6.62. The molecule has 22 heavy (non-hydrogen) atoms. The topological polar surface area (TPSA) is 58.4 Å². The van der Waals surface area contributed by atoms with E-state index >= 15 is 0 Å². The summed E-state index contributed by atoms with van der Waals surface area (Å²) in [7, 11) is 0. The molecule has 0 radical (unpaired) electrons. The minimum absolute atomic E-state index is 0.187. The van der Waals surface area contributed by atoms with Gasteiger partial charge in [-0.1, -0.05) is 12.1 Å². The number of non-ortho nitro benzene ring substituents is 1. The minimum atomic E-state index is -0.328. The van der Waals surface area contributed by atoms with Crippen LogP contribution in [0.25, 0.3) is 0 Å². The zero-order valence-corrected chi connectivity index (χ0v) is 13.0. The lowest BCUT2D eigenvalue weighted by molar-refractivity contribution is -0.384. The lowest BCUT2D eigenvalue weighted by atomic mass is 9.88. The van der Waals surface area contributed by atoms with Gasteiger partial charge >= 0.3 is 0 Å². The van der Waals surface area contributed by atoms with Gasteiger partial charge in [0.1, 0.15) is 0 Å². The molecule has 1 aromatic rings. The van der Waals surface area contributed by atoms with Gasteiger partial charge in [0.05, 0.1) is 4.92 Å². The number of nitro groups is 1. The Bertz CT molecular complexity index is 489. The van der Waals surface area contributed by atoms with Crippen molar-refractivity contribution in [3.05, 3.63) is 39.9 Å². The summed E-state index contributed by atoms with van der Waals surface area (Å²) in [6.45, 7) is 5.90. The molecule has 0 spiro atoms. The first-order chi connectivity index (χ1) is 10.7. The molecule has 0 aliphatic carbocycles. The highest BCUT2D eigenvalue weighted by atomic mass is 16.6. The number of benzene rings is 1. The molecular weight excluding hydrogens is 278 g/mol. The van der Waals surface area contributed by atoms with Crippen LogP contribution in [0.2, 0.25) is 0 Å². The number of hydrogen-bond donors (Lipinski definition) is 1. The number of nitro benzene ring substituents is 1. The molecule has 0 aromatic heterocycles. The standard InChI is InChI=1S/C17H25N3O2/c21-20(22)17-3-1-15(2-4-17)16-7-11-19(12-8-16)13-14-5-9-18-10-6-14/h1-4,14,16,18H,5-13H2. The zero-order valence-electron chi connectivity index (χ0n) is 13.0. The number of nitrogens with zero attached hydrogens (tertiary/aromatic N) is 2. The van der Waals surface area contributed by atoms with Gasteiger partial charge in [-0.3, -0.25) is 10.1 Å². The van der Waals surface area contributed by atoms with Gasteiger partial charge in [0, 0.05) is 18.7 Å². The Morgan fingerprint density at radius 3 is 2.32 bits per heavy atom. The average Bonchev–Trinajstić information content (AvgIpc) is 2.57. The third-order valence-corrected chi connectivity index (χ3v) is 5.14. The molecule has 0 saturated carbocycles. The van der Waals surface area contributed by atoms with E-state index < -0.39 is 0 Å². The van der Waals surface area contributed by atoms with Gasteiger partial charge in [-0.25, -0.2) is 0 Å². The van der Waals surface area contributed by atoms with Gasteiger partial charge < -0.3 is 10.2 Å².